The quantitative estimate of drug-likeness (QED) is 0.156. The normalized spacial score (nSPS) is 16.9. The fourth-order valence-corrected chi connectivity index (χ4v) is 18.2. The van der Waals surface area contributed by atoms with Crippen LogP contribution in [0.25, 0.3) is 77.6 Å². The topological polar surface area (TPSA) is 9.86 Å². The molecule has 0 fully saturated rings. The van der Waals surface area contributed by atoms with E-state index in [0.29, 0.717) is 0 Å². The highest BCUT2D eigenvalue weighted by Crippen LogP contribution is 2.62. The number of hydrogen-bond donors (Lipinski definition) is 0. The minimum atomic E-state index is -1.91. The Kier molecular flexibility index (Phi) is 9.42. The summed E-state index contributed by atoms with van der Waals surface area (Å²) < 4.78 is 5.68. The molecule has 2 aromatic heterocycles. The second-order valence-corrected chi connectivity index (χ2v) is 40.1. The summed E-state index contributed by atoms with van der Waals surface area (Å²) in [6.07, 6.45) is 2.30. The zero-order valence-corrected chi connectivity index (χ0v) is 51.2. The van der Waals surface area contributed by atoms with Crippen LogP contribution in [-0.4, -0.2) is 32.0 Å². The van der Waals surface area contributed by atoms with Crippen LogP contribution in [0.1, 0.15) is 127 Å². The van der Waals surface area contributed by atoms with Crippen LogP contribution in [0.5, 0.6) is 0 Å². The molecule has 2 aliphatic carbocycles. The molecule has 5 aliphatic rings. The second-order valence-electron chi connectivity index (χ2n) is 30.0. The predicted molar refractivity (Wildman–Crippen MR) is 343 cm³/mol. The molecule has 78 heavy (non-hydrogen) atoms. The van der Waals surface area contributed by atoms with Gasteiger partial charge >= 0.3 is 0 Å². The van der Waals surface area contributed by atoms with E-state index in [1.807, 2.05) is 0 Å². The predicted octanol–water partition coefficient (Wildman–Crippen LogP) is 15.9. The van der Waals surface area contributed by atoms with Crippen molar-refractivity contribution in [3.63, 3.8) is 0 Å². The first-order valence-electron chi connectivity index (χ1n) is 29.3. The molecule has 0 amide bonds. The summed E-state index contributed by atoms with van der Waals surface area (Å²) in [7, 11) is -3.79. The summed E-state index contributed by atoms with van der Waals surface area (Å²) in [5.41, 5.74) is 30.4. The van der Waals surface area contributed by atoms with Gasteiger partial charge in [-0.2, -0.15) is 0 Å². The molecule has 1 spiro atoms. The van der Waals surface area contributed by atoms with Crippen molar-refractivity contribution in [2.24, 2.45) is 0 Å². The Morgan fingerprint density at radius 1 is 0.462 bits per heavy atom. The van der Waals surface area contributed by atoms with E-state index in [9.17, 15) is 0 Å². The van der Waals surface area contributed by atoms with E-state index in [1.54, 1.807) is 16.2 Å². The standard InChI is InChI=1S/C73H75BN2Si2/c1-69(2,3)44-29-25-42(26-30-44)60-52-41-56-61(72(9,10)36-35-71(56,7)8)63-67(52)75(64(60)43-27-31-45(32-28-43)70(4,5)6)59-34-33-55-68-62(59)74(63)58-40-47(78(14,15)16)38-51-50-37-46(77(11,12)13)39-57(65(50)76(68)66(51)58)73(55)53-23-19-17-21-48(53)49-22-18-20-24-54(49)73/h17-34,37-41H,35-36H2,1-16H3. The smallest absolute Gasteiger partial charge is 0.252 e. The maximum atomic E-state index is 2.86. The number of aromatic nitrogens is 2. The molecule has 5 heterocycles. The molecule has 5 heteroatoms. The van der Waals surface area contributed by atoms with Gasteiger partial charge in [0.2, 0.25) is 0 Å². The zero-order chi connectivity index (χ0) is 54.5. The van der Waals surface area contributed by atoms with Crippen LogP contribution in [0.2, 0.25) is 39.3 Å². The molecular formula is C73H75BN2Si2. The third-order valence-corrected chi connectivity index (χ3v) is 24.2. The summed E-state index contributed by atoms with van der Waals surface area (Å²) >= 11 is 0. The third kappa shape index (κ3) is 6.11. The van der Waals surface area contributed by atoms with Gasteiger partial charge in [0.25, 0.3) is 6.71 Å². The van der Waals surface area contributed by atoms with Gasteiger partial charge in [-0.25, -0.2) is 0 Å². The summed E-state index contributed by atoms with van der Waals surface area (Å²) in [6, 6.07) is 57.3. The lowest BCUT2D eigenvalue weighted by Gasteiger charge is -2.47. The Bertz CT molecular complexity index is 4290. The first kappa shape index (κ1) is 48.7. The van der Waals surface area contributed by atoms with Gasteiger partial charge in [0.05, 0.1) is 32.8 Å². The highest BCUT2D eigenvalue weighted by atomic mass is 28.3. The maximum Gasteiger partial charge on any atom is 0.252 e. The van der Waals surface area contributed by atoms with Crippen LogP contribution in [0.4, 0.5) is 0 Å². The molecule has 0 unspecified atom stereocenters. The molecule has 8 aromatic carbocycles. The lowest BCUT2D eigenvalue weighted by molar-refractivity contribution is 0.334. The van der Waals surface area contributed by atoms with Crippen LogP contribution in [-0.2, 0) is 27.1 Å². The summed E-state index contributed by atoms with van der Waals surface area (Å²) in [5, 5.41) is 7.36. The van der Waals surface area contributed by atoms with Crippen molar-refractivity contribution in [1.82, 2.24) is 9.13 Å². The average Bonchev–Trinajstić information content (AvgIpc) is 3.29. The van der Waals surface area contributed by atoms with Gasteiger partial charge in [-0.15, -0.1) is 0 Å². The third-order valence-electron chi connectivity index (χ3n) is 20.2. The van der Waals surface area contributed by atoms with Crippen molar-refractivity contribution in [3.05, 3.63) is 184 Å². The first-order chi connectivity index (χ1) is 36.7. The SMILES string of the molecule is CC(C)(C)c1ccc(-c2c(-c3ccc(C(C)(C)C)cc3)n3c4c(c5c(cc24)C(C)(C)CCC5(C)C)B2c4c-3ccc3c4-n4c5c2cc([Si](C)(C)C)cc5c2cc([Si](C)(C)C)cc(c24)C32c3ccccc3-c3ccccc32)cc1. The Hall–Kier alpha value is -6.40. The minimum Gasteiger partial charge on any atom is -0.310 e. The molecule has 388 valence electrons. The number of hydrogen-bond acceptors (Lipinski definition) is 0. The minimum absolute atomic E-state index is 0.00720. The van der Waals surface area contributed by atoms with Gasteiger partial charge in [-0.3, -0.25) is 0 Å². The van der Waals surface area contributed by atoms with E-state index in [0.717, 1.165) is 12.8 Å². The lowest BCUT2D eigenvalue weighted by Crippen LogP contribution is -2.63. The molecule has 15 rings (SSSR count). The van der Waals surface area contributed by atoms with Crippen LogP contribution < -0.4 is 26.8 Å². The van der Waals surface area contributed by atoms with Gasteiger partial charge in [-0.1, -0.05) is 246 Å². The average molecular weight is 1050 g/mol. The molecular weight excluding hydrogens is 972 g/mol. The molecule has 0 saturated carbocycles. The van der Waals surface area contributed by atoms with E-state index in [1.165, 1.54) is 133 Å². The molecule has 10 aromatic rings. The van der Waals surface area contributed by atoms with Crippen LogP contribution in [0.3, 0.4) is 0 Å². The van der Waals surface area contributed by atoms with Crippen molar-refractivity contribution in [3.8, 4) is 44.9 Å². The van der Waals surface area contributed by atoms with E-state index in [4.69, 9.17) is 0 Å². The summed E-state index contributed by atoms with van der Waals surface area (Å²) in [6.45, 7) is 39.8. The van der Waals surface area contributed by atoms with Gasteiger partial charge < -0.3 is 9.13 Å². The molecule has 2 nitrogen and oxygen atoms in total. The fraction of sp³-hybridized carbons (Fsp3) is 0.315. The number of benzene rings is 8. The molecule has 0 radical (unpaired) electrons. The summed E-state index contributed by atoms with van der Waals surface area (Å²) in [4.78, 5) is 0. The second kappa shape index (κ2) is 15.1. The Morgan fingerprint density at radius 3 is 1.58 bits per heavy atom. The largest absolute Gasteiger partial charge is 0.310 e. The van der Waals surface area contributed by atoms with E-state index >= 15 is 0 Å². The van der Waals surface area contributed by atoms with Crippen molar-refractivity contribution in [2.45, 2.75) is 148 Å². The van der Waals surface area contributed by atoms with Crippen molar-refractivity contribution < 1.29 is 0 Å². The highest BCUT2D eigenvalue weighted by molar-refractivity contribution is 7.01. The van der Waals surface area contributed by atoms with Gasteiger partial charge in [-0.05, 0) is 130 Å². The van der Waals surface area contributed by atoms with Crippen molar-refractivity contribution >= 4 is 82.3 Å². The van der Waals surface area contributed by atoms with Crippen molar-refractivity contribution in [2.75, 3.05) is 0 Å². The van der Waals surface area contributed by atoms with Crippen LogP contribution in [0, 0.1) is 0 Å². The molecule has 0 bridgehead atoms. The van der Waals surface area contributed by atoms with Crippen LogP contribution in [0.15, 0.2) is 140 Å². The van der Waals surface area contributed by atoms with Gasteiger partial charge in [0, 0.05) is 44.1 Å². The lowest BCUT2D eigenvalue weighted by atomic mass is 9.32. The summed E-state index contributed by atoms with van der Waals surface area (Å²) in [5.74, 6) is 0. The number of fused-ring (bicyclic) bond motifs is 13. The van der Waals surface area contributed by atoms with E-state index in [-0.39, 0.29) is 28.4 Å². The van der Waals surface area contributed by atoms with Crippen LogP contribution >= 0.6 is 0 Å². The highest BCUT2D eigenvalue weighted by Gasteiger charge is 2.56. The molecule has 0 N–H and O–H groups in total. The van der Waals surface area contributed by atoms with Gasteiger partial charge in [0.1, 0.15) is 0 Å². The Balaban J connectivity index is 1.22. The Morgan fingerprint density at radius 2 is 1.00 bits per heavy atom. The number of nitrogens with zero attached hydrogens (tertiary/aromatic N) is 2. The molecule has 0 atom stereocenters. The fourth-order valence-electron chi connectivity index (χ4n) is 15.9. The van der Waals surface area contributed by atoms with E-state index < -0.39 is 21.6 Å². The van der Waals surface area contributed by atoms with Crippen molar-refractivity contribution in [1.29, 1.82) is 0 Å². The maximum absolute atomic E-state index is 2.86. The van der Waals surface area contributed by atoms with E-state index in [2.05, 4.69) is 257 Å². The molecule has 3 aliphatic heterocycles. The molecule has 0 saturated heterocycles. The zero-order valence-electron chi connectivity index (χ0n) is 49.2. The number of rotatable bonds is 4. The first-order valence-corrected chi connectivity index (χ1v) is 36.3. The van der Waals surface area contributed by atoms with Gasteiger partial charge in [0.15, 0.2) is 0 Å². The monoisotopic (exact) mass is 1050 g/mol. The Labute approximate surface area is 466 Å².